The predicted molar refractivity (Wildman–Crippen MR) is 94.4 cm³/mol. The summed E-state index contributed by atoms with van der Waals surface area (Å²) >= 11 is 1.75. The molecule has 5 heteroatoms. The van der Waals surface area contributed by atoms with Crippen LogP contribution in [0.2, 0.25) is 0 Å². The van der Waals surface area contributed by atoms with Gasteiger partial charge in [-0.25, -0.2) is 0 Å². The molecule has 1 atom stereocenters. The highest BCUT2D eigenvalue weighted by Gasteiger charge is 2.26. The Morgan fingerprint density at radius 3 is 3.04 bits per heavy atom. The molecule has 0 spiro atoms. The lowest BCUT2D eigenvalue weighted by Crippen LogP contribution is -2.52. The van der Waals surface area contributed by atoms with Gasteiger partial charge in [0.25, 0.3) is 0 Å². The van der Waals surface area contributed by atoms with E-state index in [1.165, 1.54) is 5.56 Å². The van der Waals surface area contributed by atoms with Crippen LogP contribution in [0.4, 0.5) is 0 Å². The van der Waals surface area contributed by atoms with Crippen molar-refractivity contribution < 1.29 is 9.52 Å². The number of hydrogen-bond donors (Lipinski definition) is 1. The van der Waals surface area contributed by atoms with Crippen molar-refractivity contribution in [2.24, 2.45) is 0 Å². The molecule has 1 unspecified atom stereocenters. The highest BCUT2D eigenvalue weighted by molar-refractivity contribution is 7.07. The van der Waals surface area contributed by atoms with Crippen LogP contribution in [-0.4, -0.2) is 53.7 Å². The lowest BCUT2D eigenvalue weighted by Gasteiger charge is -2.41. The molecule has 124 valence electrons. The lowest BCUT2D eigenvalue weighted by molar-refractivity contribution is 0.0597. The zero-order valence-corrected chi connectivity index (χ0v) is 14.1. The highest BCUT2D eigenvalue weighted by Crippen LogP contribution is 2.18. The minimum Gasteiger partial charge on any atom is -0.465 e. The van der Waals surface area contributed by atoms with Crippen LogP contribution in [-0.2, 0) is 6.54 Å². The Morgan fingerprint density at radius 1 is 1.35 bits per heavy atom. The maximum absolute atomic E-state index is 9.38. The van der Waals surface area contributed by atoms with Crippen molar-refractivity contribution in [2.45, 2.75) is 19.0 Å². The van der Waals surface area contributed by atoms with Gasteiger partial charge in [-0.2, -0.15) is 11.3 Å². The molecule has 1 fully saturated rings. The predicted octanol–water partition coefficient (Wildman–Crippen LogP) is 2.92. The van der Waals surface area contributed by atoms with E-state index in [2.05, 4.69) is 32.7 Å². The first kappa shape index (κ1) is 16.5. The minimum atomic E-state index is 0.251. The summed E-state index contributed by atoms with van der Waals surface area (Å²) in [5.41, 5.74) is 1.38. The average Bonchev–Trinajstić information content (AvgIpc) is 3.24. The maximum Gasteiger partial charge on any atom is 0.126 e. The van der Waals surface area contributed by atoms with Crippen molar-refractivity contribution in [1.82, 2.24) is 9.80 Å². The maximum atomic E-state index is 9.38. The first-order chi connectivity index (χ1) is 11.3. The van der Waals surface area contributed by atoms with Crippen LogP contribution in [0.25, 0.3) is 6.08 Å². The molecule has 3 heterocycles. The molecule has 1 N–H and O–H groups in total. The van der Waals surface area contributed by atoms with E-state index in [1.807, 2.05) is 18.2 Å². The Labute approximate surface area is 141 Å². The second-order valence-corrected chi connectivity index (χ2v) is 6.73. The van der Waals surface area contributed by atoms with Gasteiger partial charge in [0.05, 0.1) is 6.26 Å². The van der Waals surface area contributed by atoms with Crippen LogP contribution < -0.4 is 0 Å². The smallest absolute Gasteiger partial charge is 0.126 e. The van der Waals surface area contributed by atoms with Crippen molar-refractivity contribution in [3.05, 3.63) is 52.6 Å². The second-order valence-electron chi connectivity index (χ2n) is 5.95. The fourth-order valence-corrected chi connectivity index (χ4v) is 3.74. The van der Waals surface area contributed by atoms with Crippen LogP contribution >= 0.6 is 11.3 Å². The molecule has 0 aliphatic carbocycles. The first-order valence-electron chi connectivity index (χ1n) is 8.13. The third kappa shape index (κ3) is 4.78. The first-order valence-corrected chi connectivity index (χ1v) is 9.08. The fourth-order valence-electron chi connectivity index (χ4n) is 3.08. The highest BCUT2D eigenvalue weighted by atomic mass is 32.1. The van der Waals surface area contributed by atoms with E-state index in [1.54, 1.807) is 17.6 Å². The van der Waals surface area contributed by atoms with E-state index in [9.17, 15) is 5.11 Å². The quantitative estimate of drug-likeness (QED) is 0.846. The standard InChI is InChI=1S/C18H24N2O2S/c21-10-5-17-14-19(7-1-3-18-4-2-11-22-18)8-9-20(17)13-16-6-12-23-15-16/h1-4,6,11-12,15,17,21H,5,7-10,13-14H2/b3-1+. The summed E-state index contributed by atoms with van der Waals surface area (Å²) in [5, 5.41) is 13.7. The molecular weight excluding hydrogens is 308 g/mol. The molecule has 23 heavy (non-hydrogen) atoms. The van der Waals surface area contributed by atoms with Crippen molar-refractivity contribution in [2.75, 3.05) is 32.8 Å². The van der Waals surface area contributed by atoms with Crippen LogP contribution in [0.15, 0.2) is 45.7 Å². The summed E-state index contributed by atoms with van der Waals surface area (Å²) in [4.78, 5) is 4.95. The number of hydrogen-bond acceptors (Lipinski definition) is 5. The monoisotopic (exact) mass is 332 g/mol. The number of furan rings is 1. The third-order valence-electron chi connectivity index (χ3n) is 4.31. The summed E-state index contributed by atoms with van der Waals surface area (Å²) in [5.74, 6) is 0.896. The Kier molecular flexibility index (Phi) is 6.05. The summed E-state index contributed by atoms with van der Waals surface area (Å²) in [7, 11) is 0. The molecule has 0 radical (unpaired) electrons. The van der Waals surface area contributed by atoms with E-state index in [-0.39, 0.29) is 6.61 Å². The van der Waals surface area contributed by atoms with Gasteiger partial charge in [-0.1, -0.05) is 6.08 Å². The summed E-state index contributed by atoms with van der Waals surface area (Å²) in [6.07, 6.45) is 6.71. The SMILES string of the molecule is OCCC1CN(C/C=C/c2ccco2)CCN1Cc1ccsc1. The normalized spacial score (nSPS) is 20.5. The number of aliphatic hydroxyl groups is 1. The Hall–Kier alpha value is -1.40. The molecule has 0 bridgehead atoms. The molecular formula is C18H24N2O2S. The molecule has 1 aliphatic rings. The Balaban J connectivity index is 1.53. The Morgan fingerprint density at radius 2 is 2.30 bits per heavy atom. The summed E-state index contributed by atoms with van der Waals surface area (Å²) in [6, 6.07) is 6.48. The molecule has 0 amide bonds. The van der Waals surface area contributed by atoms with Crippen LogP contribution in [0.5, 0.6) is 0 Å². The zero-order chi connectivity index (χ0) is 15.9. The van der Waals surface area contributed by atoms with Crippen molar-refractivity contribution in [1.29, 1.82) is 0 Å². The van der Waals surface area contributed by atoms with Gasteiger partial charge in [-0.15, -0.1) is 0 Å². The van der Waals surface area contributed by atoms with Gasteiger partial charge in [-0.3, -0.25) is 9.80 Å². The summed E-state index contributed by atoms with van der Waals surface area (Å²) < 4.78 is 5.31. The van der Waals surface area contributed by atoms with Gasteiger partial charge < -0.3 is 9.52 Å². The van der Waals surface area contributed by atoms with E-state index in [0.717, 1.165) is 44.9 Å². The van der Waals surface area contributed by atoms with Crippen LogP contribution in [0, 0.1) is 0 Å². The largest absolute Gasteiger partial charge is 0.465 e. The number of thiophene rings is 1. The van der Waals surface area contributed by atoms with Gasteiger partial charge in [0.15, 0.2) is 0 Å². The fraction of sp³-hybridized carbons (Fsp3) is 0.444. The number of piperazine rings is 1. The van der Waals surface area contributed by atoms with Crippen LogP contribution in [0.3, 0.4) is 0 Å². The topological polar surface area (TPSA) is 39.9 Å². The molecule has 1 saturated heterocycles. The van der Waals surface area contributed by atoms with Gasteiger partial charge in [-0.05, 0) is 47.0 Å². The average molecular weight is 332 g/mol. The summed E-state index contributed by atoms with van der Waals surface area (Å²) in [6.45, 7) is 5.29. The van der Waals surface area contributed by atoms with E-state index in [0.29, 0.717) is 6.04 Å². The molecule has 3 rings (SSSR count). The number of nitrogens with zero attached hydrogens (tertiary/aromatic N) is 2. The molecule has 4 nitrogen and oxygen atoms in total. The minimum absolute atomic E-state index is 0.251. The van der Waals surface area contributed by atoms with Gasteiger partial charge in [0.2, 0.25) is 0 Å². The molecule has 0 aromatic carbocycles. The van der Waals surface area contributed by atoms with Gasteiger partial charge >= 0.3 is 0 Å². The number of aliphatic hydroxyl groups excluding tert-OH is 1. The van der Waals surface area contributed by atoms with Gasteiger partial charge in [0, 0.05) is 45.4 Å². The zero-order valence-electron chi connectivity index (χ0n) is 13.3. The van der Waals surface area contributed by atoms with Crippen molar-refractivity contribution >= 4 is 17.4 Å². The Bertz CT molecular complexity index is 580. The molecule has 2 aromatic heterocycles. The van der Waals surface area contributed by atoms with Crippen LogP contribution in [0.1, 0.15) is 17.7 Å². The van der Waals surface area contributed by atoms with Crippen molar-refractivity contribution in [3.63, 3.8) is 0 Å². The van der Waals surface area contributed by atoms with Gasteiger partial charge in [0.1, 0.15) is 5.76 Å². The van der Waals surface area contributed by atoms with E-state index >= 15 is 0 Å². The van der Waals surface area contributed by atoms with Crippen molar-refractivity contribution in [3.8, 4) is 0 Å². The molecule has 0 saturated carbocycles. The lowest BCUT2D eigenvalue weighted by atomic mass is 10.1. The second kappa shape index (κ2) is 8.45. The van der Waals surface area contributed by atoms with E-state index < -0.39 is 0 Å². The van der Waals surface area contributed by atoms with E-state index in [4.69, 9.17) is 4.42 Å². The molecule has 1 aliphatic heterocycles. The third-order valence-corrected chi connectivity index (χ3v) is 5.04. The molecule has 2 aromatic rings. The number of rotatable bonds is 7.